The average molecular weight is 429 g/mol. The highest BCUT2D eigenvalue weighted by Gasteiger charge is 2.28. The number of furan rings is 1. The molecule has 3 aromatic rings. The van der Waals surface area contributed by atoms with Crippen LogP contribution in [0.4, 0.5) is 5.13 Å². The molecule has 0 bridgehead atoms. The maximum Gasteiger partial charge on any atom is 0.293 e. The van der Waals surface area contributed by atoms with Gasteiger partial charge < -0.3 is 4.42 Å². The Labute approximate surface area is 175 Å². The molecule has 0 spiro atoms. The Morgan fingerprint density at radius 2 is 2.00 bits per heavy atom. The SMILES string of the molecule is Cc1c(C(=O)Nc2nccs2)oc2c1/C(=N/NC(=O)c1ccc(Cl)cc1)CCC2. The zero-order chi connectivity index (χ0) is 20.4. The van der Waals surface area contributed by atoms with Crippen molar-refractivity contribution in [3.8, 4) is 0 Å². The number of halogens is 1. The molecule has 148 valence electrons. The van der Waals surface area contributed by atoms with Crippen LogP contribution in [0.2, 0.25) is 5.02 Å². The van der Waals surface area contributed by atoms with Gasteiger partial charge in [-0.2, -0.15) is 5.10 Å². The van der Waals surface area contributed by atoms with E-state index in [1.165, 1.54) is 11.3 Å². The number of benzene rings is 1. The number of hydrogen-bond acceptors (Lipinski definition) is 6. The van der Waals surface area contributed by atoms with Crippen molar-refractivity contribution >= 4 is 45.6 Å². The highest BCUT2D eigenvalue weighted by atomic mass is 35.5. The zero-order valence-electron chi connectivity index (χ0n) is 15.5. The smallest absolute Gasteiger partial charge is 0.293 e. The van der Waals surface area contributed by atoms with Crippen LogP contribution in [0.1, 0.15) is 50.6 Å². The number of aromatic nitrogens is 1. The van der Waals surface area contributed by atoms with E-state index in [0.717, 1.165) is 12.0 Å². The highest BCUT2D eigenvalue weighted by molar-refractivity contribution is 7.13. The lowest BCUT2D eigenvalue weighted by atomic mass is 9.93. The first-order chi connectivity index (χ1) is 14.0. The summed E-state index contributed by atoms with van der Waals surface area (Å²) in [6, 6.07) is 6.56. The molecule has 2 aromatic heterocycles. The first-order valence-electron chi connectivity index (χ1n) is 8.99. The zero-order valence-corrected chi connectivity index (χ0v) is 17.1. The van der Waals surface area contributed by atoms with E-state index in [1.54, 1.807) is 35.8 Å². The number of rotatable bonds is 4. The minimum Gasteiger partial charge on any atom is -0.455 e. The quantitative estimate of drug-likeness (QED) is 0.601. The van der Waals surface area contributed by atoms with Crippen LogP contribution >= 0.6 is 22.9 Å². The molecule has 7 nitrogen and oxygen atoms in total. The van der Waals surface area contributed by atoms with Crippen molar-refractivity contribution in [2.24, 2.45) is 5.10 Å². The standard InChI is InChI=1S/C20H17ClN4O3S/c1-11-16-14(24-25-18(26)12-5-7-13(21)8-6-12)3-2-4-15(16)28-17(11)19(27)23-20-22-9-10-29-20/h5-10H,2-4H2,1H3,(H,25,26)(H,22,23,27)/b24-14+. The largest absolute Gasteiger partial charge is 0.455 e. The molecule has 1 aliphatic carbocycles. The lowest BCUT2D eigenvalue weighted by molar-refractivity contribution is 0.0953. The van der Waals surface area contributed by atoms with E-state index in [0.29, 0.717) is 45.6 Å². The van der Waals surface area contributed by atoms with Gasteiger partial charge in [0.15, 0.2) is 10.9 Å². The predicted octanol–water partition coefficient (Wildman–Crippen LogP) is 4.42. The summed E-state index contributed by atoms with van der Waals surface area (Å²) in [5, 5.41) is 9.89. The van der Waals surface area contributed by atoms with E-state index in [-0.39, 0.29) is 17.6 Å². The van der Waals surface area contributed by atoms with E-state index in [4.69, 9.17) is 16.0 Å². The van der Waals surface area contributed by atoms with Gasteiger partial charge in [0.25, 0.3) is 11.8 Å². The van der Waals surface area contributed by atoms with Gasteiger partial charge in [-0.3, -0.25) is 14.9 Å². The summed E-state index contributed by atoms with van der Waals surface area (Å²) in [7, 11) is 0. The lowest BCUT2D eigenvalue weighted by Crippen LogP contribution is -2.22. The maximum atomic E-state index is 12.6. The summed E-state index contributed by atoms with van der Waals surface area (Å²) in [6.45, 7) is 1.82. The Morgan fingerprint density at radius 1 is 1.21 bits per heavy atom. The number of hydrogen-bond donors (Lipinski definition) is 2. The van der Waals surface area contributed by atoms with E-state index in [9.17, 15) is 9.59 Å². The van der Waals surface area contributed by atoms with Gasteiger partial charge in [-0.25, -0.2) is 10.4 Å². The average Bonchev–Trinajstić information content (AvgIpc) is 3.35. The monoisotopic (exact) mass is 428 g/mol. The van der Waals surface area contributed by atoms with Crippen molar-refractivity contribution in [3.05, 3.63) is 69.1 Å². The Morgan fingerprint density at radius 3 is 2.72 bits per heavy atom. The Bertz CT molecular complexity index is 1090. The minimum absolute atomic E-state index is 0.240. The number of aryl methyl sites for hydroxylation is 1. The van der Waals surface area contributed by atoms with Crippen LogP contribution in [-0.2, 0) is 6.42 Å². The molecule has 9 heteroatoms. The van der Waals surface area contributed by atoms with Gasteiger partial charge in [0.05, 0.1) is 5.71 Å². The van der Waals surface area contributed by atoms with Crippen molar-refractivity contribution < 1.29 is 14.0 Å². The number of amides is 2. The molecule has 2 N–H and O–H groups in total. The van der Waals surface area contributed by atoms with E-state index >= 15 is 0 Å². The molecule has 0 saturated heterocycles. The van der Waals surface area contributed by atoms with Gasteiger partial charge in [0.1, 0.15) is 5.76 Å². The maximum absolute atomic E-state index is 12.6. The number of fused-ring (bicyclic) bond motifs is 1. The van der Waals surface area contributed by atoms with Crippen molar-refractivity contribution in [1.29, 1.82) is 0 Å². The van der Waals surface area contributed by atoms with E-state index in [2.05, 4.69) is 20.8 Å². The molecule has 2 amide bonds. The van der Waals surface area contributed by atoms with Crippen molar-refractivity contribution in [2.75, 3.05) is 5.32 Å². The third kappa shape index (κ3) is 4.08. The van der Waals surface area contributed by atoms with Crippen molar-refractivity contribution in [3.63, 3.8) is 0 Å². The molecular weight excluding hydrogens is 412 g/mol. The van der Waals surface area contributed by atoms with Crippen LogP contribution in [0.3, 0.4) is 0 Å². The van der Waals surface area contributed by atoms with Gasteiger partial charge in [0, 0.05) is 39.7 Å². The van der Waals surface area contributed by atoms with Gasteiger partial charge in [-0.05, 0) is 44.0 Å². The van der Waals surface area contributed by atoms with Crippen LogP contribution in [0.5, 0.6) is 0 Å². The van der Waals surface area contributed by atoms with Crippen LogP contribution in [0.15, 0.2) is 45.4 Å². The van der Waals surface area contributed by atoms with Crippen molar-refractivity contribution in [1.82, 2.24) is 10.4 Å². The number of anilines is 1. The third-order valence-corrected chi connectivity index (χ3v) is 5.52. The first-order valence-corrected chi connectivity index (χ1v) is 10.2. The molecule has 0 aliphatic heterocycles. The molecule has 0 fully saturated rings. The predicted molar refractivity (Wildman–Crippen MR) is 112 cm³/mol. The number of carbonyl (C=O) groups excluding carboxylic acids is 2. The number of thiazole rings is 1. The van der Waals surface area contributed by atoms with Gasteiger partial charge in [0.2, 0.25) is 0 Å². The van der Waals surface area contributed by atoms with Crippen LogP contribution in [0, 0.1) is 6.92 Å². The molecular formula is C20H17ClN4O3S. The highest BCUT2D eigenvalue weighted by Crippen LogP contribution is 2.30. The molecule has 0 radical (unpaired) electrons. The molecule has 0 saturated carbocycles. The topological polar surface area (TPSA) is 96.6 Å². The van der Waals surface area contributed by atoms with E-state index < -0.39 is 0 Å². The summed E-state index contributed by atoms with van der Waals surface area (Å²) < 4.78 is 5.84. The Kier molecular flexibility index (Phi) is 5.46. The van der Waals surface area contributed by atoms with Crippen LogP contribution in [0.25, 0.3) is 0 Å². The lowest BCUT2D eigenvalue weighted by Gasteiger charge is -2.13. The molecule has 0 unspecified atom stereocenters. The summed E-state index contributed by atoms with van der Waals surface area (Å²) in [4.78, 5) is 29.0. The van der Waals surface area contributed by atoms with Gasteiger partial charge >= 0.3 is 0 Å². The second kappa shape index (κ2) is 8.18. The van der Waals surface area contributed by atoms with E-state index in [1.807, 2.05) is 6.92 Å². The van der Waals surface area contributed by atoms with Gasteiger partial charge in [-0.1, -0.05) is 11.6 Å². The van der Waals surface area contributed by atoms with Gasteiger partial charge in [-0.15, -0.1) is 11.3 Å². The fourth-order valence-corrected chi connectivity index (χ4v) is 3.87. The number of carbonyl (C=O) groups is 2. The van der Waals surface area contributed by atoms with Crippen molar-refractivity contribution in [2.45, 2.75) is 26.2 Å². The fourth-order valence-electron chi connectivity index (χ4n) is 3.22. The number of nitrogens with one attached hydrogen (secondary N) is 2. The summed E-state index contributed by atoms with van der Waals surface area (Å²) in [5.74, 6) is 0.266. The summed E-state index contributed by atoms with van der Waals surface area (Å²) in [5.41, 5.74) is 5.24. The number of nitrogens with zero attached hydrogens (tertiary/aromatic N) is 2. The first kappa shape index (κ1) is 19.4. The fraction of sp³-hybridized carbons (Fsp3) is 0.200. The molecule has 1 aliphatic rings. The third-order valence-electron chi connectivity index (χ3n) is 4.58. The van der Waals surface area contributed by atoms with Crippen LogP contribution < -0.4 is 10.7 Å². The minimum atomic E-state index is -0.351. The molecule has 1 aromatic carbocycles. The molecule has 29 heavy (non-hydrogen) atoms. The molecule has 4 rings (SSSR count). The second-order valence-electron chi connectivity index (χ2n) is 6.51. The second-order valence-corrected chi connectivity index (χ2v) is 7.84. The Hall–Kier alpha value is -2.97. The Balaban J connectivity index is 1.56. The number of hydrazone groups is 1. The molecule has 2 heterocycles. The molecule has 0 atom stereocenters. The normalized spacial score (nSPS) is 14.5. The summed E-state index contributed by atoms with van der Waals surface area (Å²) in [6.07, 6.45) is 3.84. The van der Waals surface area contributed by atoms with Crippen LogP contribution in [-0.4, -0.2) is 22.5 Å². The summed E-state index contributed by atoms with van der Waals surface area (Å²) >= 11 is 7.19.